The van der Waals surface area contributed by atoms with Crippen LogP contribution in [0.15, 0.2) is 73.2 Å². The van der Waals surface area contributed by atoms with E-state index in [1.54, 1.807) is 12.4 Å². The fraction of sp³-hybridized carbons (Fsp3) is 0.111. The molecule has 0 bridgehead atoms. The average Bonchev–Trinajstić information content (AvgIpc) is 2.57. The predicted molar refractivity (Wildman–Crippen MR) is 88.6 cm³/mol. The van der Waals surface area contributed by atoms with Crippen LogP contribution >= 0.6 is 11.6 Å². The molecule has 3 rings (SSSR count). The van der Waals surface area contributed by atoms with E-state index in [-0.39, 0.29) is 6.04 Å². The normalized spacial score (nSPS) is 12.0. The van der Waals surface area contributed by atoms with Crippen molar-refractivity contribution < 1.29 is 0 Å². The third-order valence-corrected chi connectivity index (χ3v) is 3.63. The average molecular weight is 310 g/mol. The SMILES string of the molecule is Clc1cccc(C(NCc2cccnc2)c2ccccn2)c1. The molecule has 3 nitrogen and oxygen atoms in total. The second kappa shape index (κ2) is 7.16. The maximum atomic E-state index is 6.14. The molecule has 0 aliphatic rings. The third-order valence-electron chi connectivity index (χ3n) is 3.40. The van der Waals surface area contributed by atoms with E-state index in [4.69, 9.17) is 11.6 Å². The molecule has 0 saturated heterocycles. The van der Waals surface area contributed by atoms with E-state index in [2.05, 4.69) is 21.4 Å². The van der Waals surface area contributed by atoms with Crippen molar-refractivity contribution in [1.82, 2.24) is 15.3 Å². The summed E-state index contributed by atoms with van der Waals surface area (Å²) in [6.07, 6.45) is 5.44. The summed E-state index contributed by atoms with van der Waals surface area (Å²) in [4.78, 5) is 8.62. The van der Waals surface area contributed by atoms with Gasteiger partial charge in [-0.2, -0.15) is 0 Å². The van der Waals surface area contributed by atoms with Gasteiger partial charge in [-0.05, 0) is 41.5 Å². The zero-order valence-corrected chi connectivity index (χ0v) is 12.7. The van der Waals surface area contributed by atoms with Gasteiger partial charge in [-0.25, -0.2) is 0 Å². The summed E-state index contributed by atoms with van der Waals surface area (Å²) in [7, 11) is 0. The first kappa shape index (κ1) is 14.7. The molecule has 4 heteroatoms. The molecular formula is C18H16ClN3. The number of benzene rings is 1. The Morgan fingerprint density at radius 3 is 2.68 bits per heavy atom. The second-order valence-corrected chi connectivity index (χ2v) is 5.42. The van der Waals surface area contributed by atoms with Gasteiger partial charge in [0.25, 0.3) is 0 Å². The van der Waals surface area contributed by atoms with Gasteiger partial charge in [0.1, 0.15) is 0 Å². The molecule has 0 aliphatic heterocycles. The molecule has 0 amide bonds. The van der Waals surface area contributed by atoms with Gasteiger partial charge in [-0.1, -0.05) is 35.9 Å². The molecule has 1 unspecified atom stereocenters. The summed E-state index contributed by atoms with van der Waals surface area (Å²) in [6, 6.07) is 17.8. The minimum absolute atomic E-state index is 0.0138. The Morgan fingerprint density at radius 1 is 1.00 bits per heavy atom. The Hall–Kier alpha value is -2.23. The fourth-order valence-electron chi connectivity index (χ4n) is 2.35. The Balaban J connectivity index is 1.86. The van der Waals surface area contributed by atoms with E-state index in [1.165, 1.54) is 0 Å². The van der Waals surface area contributed by atoms with Crippen molar-refractivity contribution in [1.29, 1.82) is 0 Å². The Morgan fingerprint density at radius 2 is 1.95 bits per heavy atom. The summed E-state index contributed by atoms with van der Waals surface area (Å²) in [5.41, 5.74) is 3.19. The molecule has 1 aromatic carbocycles. The van der Waals surface area contributed by atoms with Gasteiger partial charge >= 0.3 is 0 Å². The minimum Gasteiger partial charge on any atom is -0.301 e. The molecule has 1 N–H and O–H groups in total. The van der Waals surface area contributed by atoms with E-state index < -0.39 is 0 Å². The number of nitrogens with one attached hydrogen (secondary N) is 1. The summed E-state index contributed by atoms with van der Waals surface area (Å²) in [5, 5.41) is 4.26. The second-order valence-electron chi connectivity index (χ2n) is 4.98. The first-order valence-electron chi connectivity index (χ1n) is 7.11. The highest BCUT2D eigenvalue weighted by Gasteiger charge is 2.15. The first-order chi connectivity index (χ1) is 10.8. The fourth-order valence-corrected chi connectivity index (χ4v) is 2.55. The van der Waals surface area contributed by atoms with Gasteiger partial charge in [0.2, 0.25) is 0 Å². The number of rotatable bonds is 5. The Bertz CT molecular complexity index is 717. The van der Waals surface area contributed by atoms with E-state index in [0.717, 1.165) is 21.8 Å². The number of nitrogens with zero attached hydrogens (tertiary/aromatic N) is 2. The van der Waals surface area contributed by atoms with Gasteiger partial charge in [-0.15, -0.1) is 0 Å². The van der Waals surface area contributed by atoms with Crippen LogP contribution in [0, 0.1) is 0 Å². The van der Waals surface area contributed by atoms with E-state index in [0.29, 0.717) is 6.54 Å². The van der Waals surface area contributed by atoms with Crippen molar-refractivity contribution in [3.05, 3.63) is 95.0 Å². The Kier molecular flexibility index (Phi) is 4.78. The highest BCUT2D eigenvalue weighted by molar-refractivity contribution is 6.30. The molecule has 110 valence electrons. The third kappa shape index (κ3) is 3.70. The first-order valence-corrected chi connectivity index (χ1v) is 7.49. The standard InChI is InChI=1S/C18H16ClN3/c19-16-7-3-6-15(11-16)18(17-8-1-2-10-21-17)22-13-14-5-4-9-20-12-14/h1-12,18,22H,13H2. The highest BCUT2D eigenvalue weighted by atomic mass is 35.5. The van der Waals surface area contributed by atoms with Gasteiger partial charge < -0.3 is 5.32 Å². The predicted octanol–water partition coefficient (Wildman–Crippen LogP) is 4.01. The van der Waals surface area contributed by atoms with Gasteiger partial charge in [0.15, 0.2) is 0 Å². The molecule has 1 atom stereocenters. The molecule has 22 heavy (non-hydrogen) atoms. The summed E-state index contributed by atoms with van der Waals surface area (Å²) in [6.45, 7) is 0.710. The van der Waals surface area contributed by atoms with Crippen molar-refractivity contribution in [3.8, 4) is 0 Å². The lowest BCUT2D eigenvalue weighted by molar-refractivity contribution is 0.591. The van der Waals surface area contributed by atoms with Crippen LogP contribution in [0.1, 0.15) is 22.9 Å². The molecule has 2 aromatic heterocycles. The van der Waals surface area contributed by atoms with Gasteiger partial charge in [-0.3, -0.25) is 9.97 Å². The zero-order chi connectivity index (χ0) is 15.2. The van der Waals surface area contributed by atoms with Crippen LogP contribution in [0.5, 0.6) is 0 Å². The maximum absolute atomic E-state index is 6.14. The van der Waals surface area contributed by atoms with Crippen molar-refractivity contribution >= 4 is 11.6 Å². The lowest BCUT2D eigenvalue weighted by Gasteiger charge is -2.19. The Labute approximate surface area is 135 Å². The number of halogens is 1. The maximum Gasteiger partial charge on any atom is 0.0754 e. The summed E-state index contributed by atoms with van der Waals surface area (Å²) >= 11 is 6.14. The molecular weight excluding hydrogens is 294 g/mol. The van der Waals surface area contributed by atoms with Crippen LogP contribution in [-0.4, -0.2) is 9.97 Å². The molecule has 0 saturated carbocycles. The molecule has 0 fully saturated rings. The van der Waals surface area contributed by atoms with Crippen LogP contribution < -0.4 is 5.32 Å². The van der Waals surface area contributed by atoms with Crippen LogP contribution in [-0.2, 0) is 6.54 Å². The molecule has 0 radical (unpaired) electrons. The summed E-state index contributed by atoms with van der Waals surface area (Å²) in [5.74, 6) is 0. The number of hydrogen-bond donors (Lipinski definition) is 1. The molecule has 2 heterocycles. The molecule has 0 aliphatic carbocycles. The molecule has 0 spiro atoms. The number of hydrogen-bond acceptors (Lipinski definition) is 3. The largest absolute Gasteiger partial charge is 0.301 e. The van der Waals surface area contributed by atoms with Crippen LogP contribution in [0.2, 0.25) is 5.02 Å². The van der Waals surface area contributed by atoms with Crippen molar-refractivity contribution in [3.63, 3.8) is 0 Å². The lowest BCUT2D eigenvalue weighted by Crippen LogP contribution is -2.23. The highest BCUT2D eigenvalue weighted by Crippen LogP contribution is 2.23. The van der Waals surface area contributed by atoms with Crippen LogP contribution in [0.25, 0.3) is 0 Å². The zero-order valence-electron chi connectivity index (χ0n) is 12.0. The van der Waals surface area contributed by atoms with Gasteiger partial charge in [0, 0.05) is 30.2 Å². The van der Waals surface area contributed by atoms with E-state index in [9.17, 15) is 0 Å². The smallest absolute Gasteiger partial charge is 0.0754 e. The van der Waals surface area contributed by atoms with Crippen LogP contribution in [0.4, 0.5) is 0 Å². The quantitative estimate of drug-likeness (QED) is 0.774. The summed E-state index contributed by atoms with van der Waals surface area (Å²) < 4.78 is 0. The number of pyridine rings is 2. The molecule has 3 aromatic rings. The number of aromatic nitrogens is 2. The lowest BCUT2D eigenvalue weighted by atomic mass is 10.0. The van der Waals surface area contributed by atoms with E-state index >= 15 is 0 Å². The van der Waals surface area contributed by atoms with Crippen molar-refractivity contribution in [2.75, 3.05) is 0 Å². The van der Waals surface area contributed by atoms with Crippen LogP contribution in [0.3, 0.4) is 0 Å². The van der Waals surface area contributed by atoms with E-state index in [1.807, 2.05) is 54.7 Å². The van der Waals surface area contributed by atoms with Crippen molar-refractivity contribution in [2.24, 2.45) is 0 Å². The van der Waals surface area contributed by atoms with Crippen molar-refractivity contribution in [2.45, 2.75) is 12.6 Å². The minimum atomic E-state index is -0.0138. The topological polar surface area (TPSA) is 37.8 Å². The monoisotopic (exact) mass is 309 g/mol. The van der Waals surface area contributed by atoms with Gasteiger partial charge in [0.05, 0.1) is 11.7 Å².